The first kappa shape index (κ1) is 13.3. The van der Waals surface area contributed by atoms with Gasteiger partial charge in [0.25, 0.3) is 0 Å². The zero-order valence-electron chi connectivity index (χ0n) is 12.4. The summed E-state index contributed by atoms with van der Waals surface area (Å²) < 4.78 is 26.2. The van der Waals surface area contributed by atoms with E-state index in [0.29, 0.717) is 13.0 Å². The third-order valence-corrected chi connectivity index (χ3v) is 7.22. The Bertz CT molecular complexity index is 837. The Morgan fingerprint density at radius 3 is 2.95 bits per heavy atom. The quantitative estimate of drug-likeness (QED) is 0.880. The SMILES string of the molecule is CCc1cccc2c3c([nH]c12)[C@@]1(C)CCS(=O)(=O)N1CC3. The van der Waals surface area contributed by atoms with Gasteiger partial charge in [0.05, 0.1) is 11.3 Å². The second-order valence-corrected chi connectivity index (χ2v) is 8.35. The molecule has 4 rings (SSSR count). The van der Waals surface area contributed by atoms with Gasteiger partial charge in [-0.25, -0.2) is 8.42 Å². The van der Waals surface area contributed by atoms with Crippen LogP contribution < -0.4 is 0 Å². The predicted molar refractivity (Wildman–Crippen MR) is 83.8 cm³/mol. The number of nitrogens with zero attached hydrogens (tertiary/aromatic N) is 1. The topological polar surface area (TPSA) is 53.2 Å². The van der Waals surface area contributed by atoms with Crippen LogP contribution in [0.25, 0.3) is 10.9 Å². The van der Waals surface area contributed by atoms with Gasteiger partial charge in [-0.2, -0.15) is 4.31 Å². The van der Waals surface area contributed by atoms with Gasteiger partial charge < -0.3 is 4.98 Å². The maximum Gasteiger partial charge on any atom is 0.215 e. The molecule has 1 aromatic heterocycles. The lowest BCUT2D eigenvalue weighted by atomic mass is 9.86. The Kier molecular flexibility index (Phi) is 2.61. The molecule has 1 fully saturated rings. The molecular weight excluding hydrogens is 284 g/mol. The van der Waals surface area contributed by atoms with E-state index >= 15 is 0 Å². The number of fused-ring (bicyclic) bond motifs is 5. The molecule has 0 radical (unpaired) electrons. The van der Waals surface area contributed by atoms with Crippen LogP contribution in [-0.4, -0.2) is 30.0 Å². The third-order valence-electron chi connectivity index (χ3n) is 5.25. The van der Waals surface area contributed by atoms with Crippen molar-refractivity contribution in [3.63, 3.8) is 0 Å². The Balaban J connectivity index is 2.01. The number of hydrogen-bond acceptors (Lipinski definition) is 2. The first-order valence-corrected chi connectivity index (χ1v) is 9.22. The number of H-pyrrole nitrogens is 1. The number of hydrogen-bond donors (Lipinski definition) is 1. The van der Waals surface area contributed by atoms with E-state index in [9.17, 15) is 8.42 Å². The molecule has 5 heteroatoms. The van der Waals surface area contributed by atoms with Crippen molar-refractivity contribution in [2.45, 2.75) is 38.6 Å². The number of aryl methyl sites for hydroxylation is 1. The molecule has 3 heterocycles. The van der Waals surface area contributed by atoms with E-state index in [-0.39, 0.29) is 5.75 Å². The summed E-state index contributed by atoms with van der Waals surface area (Å²) >= 11 is 0. The summed E-state index contributed by atoms with van der Waals surface area (Å²) in [4.78, 5) is 3.58. The van der Waals surface area contributed by atoms with Crippen LogP contribution in [0, 0.1) is 0 Å². The van der Waals surface area contributed by atoms with Crippen LogP contribution in [0.1, 0.15) is 37.1 Å². The van der Waals surface area contributed by atoms with Crippen molar-refractivity contribution in [3.8, 4) is 0 Å². The fourth-order valence-electron chi connectivity index (χ4n) is 4.07. The molecule has 0 bridgehead atoms. The molecular formula is C16H20N2O2S. The van der Waals surface area contributed by atoms with Gasteiger partial charge in [-0.1, -0.05) is 25.1 Å². The highest BCUT2D eigenvalue weighted by molar-refractivity contribution is 7.89. The van der Waals surface area contributed by atoms with Crippen LogP contribution in [0.4, 0.5) is 0 Å². The van der Waals surface area contributed by atoms with E-state index in [1.54, 1.807) is 4.31 Å². The molecule has 1 atom stereocenters. The third kappa shape index (κ3) is 1.62. The molecule has 2 aliphatic rings. The van der Waals surface area contributed by atoms with Gasteiger partial charge in [0.2, 0.25) is 10.0 Å². The van der Waals surface area contributed by atoms with Crippen LogP contribution in [0.2, 0.25) is 0 Å². The summed E-state index contributed by atoms with van der Waals surface area (Å²) in [7, 11) is -3.09. The Labute approximate surface area is 125 Å². The van der Waals surface area contributed by atoms with Crippen LogP contribution >= 0.6 is 0 Å². The van der Waals surface area contributed by atoms with Crippen molar-refractivity contribution in [2.75, 3.05) is 12.3 Å². The van der Waals surface area contributed by atoms with E-state index in [2.05, 4.69) is 37.0 Å². The monoisotopic (exact) mass is 304 g/mol. The maximum atomic E-state index is 12.3. The van der Waals surface area contributed by atoms with Gasteiger partial charge in [-0.3, -0.25) is 0 Å². The molecule has 0 spiro atoms. The van der Waals surface area contributed by atoms with E-state index in [1.165, 1.54) is 22.0 Å². The maximum absolute atomic E-state index is 12.3. The lowest BCUT2D eigenvalue weighted by Crippen LogP contribution is -2.45. The highest BCUT2D eigenvalue weighted by atomic mass is 32.2. The second kappa shape index (κ2) is 4.11. The van der Waals surface area contributed by atoms with Gasteiger partial charge in [0.1, 0.15) is 0 Å². The number of aromatic nitrogens is 1. The summed E-state index contributed by atoms with van der Waals surface area (Å²) in [5, 5.41) is 1.27. The first-order chi connectivity index (χ1) is 9.97. The van der Waals surface area contributed by atoms with Gasteiger partial charge in [0.15, 0.2) is 0 Å². The lowest BCUT2D eigenvalue weighted by Gasteiger charge is -2.37. The summed E-state index contributed by atoms with van der Waals surface area (Å²) in [5.74, 6) is 0.263. The Hall–Kier alpha value is -1.33. The molecule has 1 N–H and O–H groups in total. The molecule has 0 saturated carbocycles. The van der Waals surface area contributed by atoms with Crippen LogP contribution in [-0.2, 0) is 28.4 Å². The number of rotatable bonds is 1. The fraction of sp³-hybridized carbons (Fsp3) is 0.500. The molecule has 112 valence electrons. The molecule has 1 aromatic carbocycles. The van der Waals surface area contributed by atoms with Crippen molar-refractivity contribution < 1.29 is 8.42 Å². The predicted octanol–water partition coefficient (Wildman–Crippen LogP) is 2.54. The summed E-state index contributed by atoms with van der Waals surface area (Å²) in [6.45, 7) is 4.83. The zero-order chi connectivity index (χ0) is 14.8. The summed E-state index contributed by atoms with van der Waals surface area (Å²) in [5.41, 5.74) is 4.54. The first-order valence-electron chi connectivity index (χ1n) is 7.61. The number of aromatic amines is 1. The van der Waals surface area contributed by atoms with Crippen LogP contribution in [0.5, 0.6) is 0 Å². The lowest BCUT2D eigenvalue weighted by molar-refractivity contribution is 0.208. The molecule has 4 nitrogen and oxygen atoms in total. The average Bonchev–Trinajstić information content (AvgIpc) is 2.96. The van der Waals surface area contributed by atoms with Gasteiger partial charge >= 0.3 is 0 Å². The molecule has 2 aliphatic heterocycles. The Morgan fingerprint density at radius 1 is 1.38 bits per heavy atom. The van der Waals surface area contributed by atoms with E-state index in [1.807, 2.05) is 0 Å². The normalized spacial score (nSPS) is 27.7. The minimum atomic E-state index is -3.09. The van der Waals surface area contributed by atoms with Crippen molar-refractivity contribution in [1.82, 2.24) is 9.29 Å². The van der Waals surface area contributed by atoms with Gasteiger partial charge in [-0.05, 0) is 37.3 Å². The molecule has 0 aliphatic carbocycles. The molecule has 0 unspecified atom stereocenters. The minimum absolute atomic E-state index is 0.263. The Morgan fingerprint density at radius 2 is 2.19 bits per heavy atom. The molecule has 0 amide bonds. The van der Waals surface area contributed by atoms with Crippen molar-refractivity contribution >= 4 is 20.9 Å². The summed E-state index contributed by atoms with van der Waals surface area (Å²) in [6, 6.07) is 6.41. The highest BCUT2D eigenvalue weighted by Gasteiger charge is 2.51. The number of benzene rings is 1. The smallest absolute Gasteiger partial charge is 0.215 e. The van der Waals surface area contributed by atoms with E-state index in [0.717, 1.165) is 18.5 Å². The van der Waals surface area contributed by atoms with Crippen molar-refractivity contribution in [2.24, 2.45) is 0 Å². The number of nitrogens with one attached hydrogen (secondary N) is 1. The van der Waals surface area contributed by atoms with E-state index < -0.39 is 15.6 Å². The van der Waals surface area contributed by atoms with Gasteiger partial charge in [-0.15, -0.1) is 0 Å². The number of sulfonamides is 1. The highest BCUT2D eigenvalue weighted by Crippen LogP contribution is 2.46. The fourth-order valence-corrected chi connectivity index (χ4v) is 6.11. The standard InChI is InChI=1S/C16H20N2O2S/c1-3-11-5-4-6-12-13-7-9-18-16(2,8-10-21(18,19)20)15(13)17-14(11)12/h4-6,17H,3,7-10H2,1-2H3/t16-/m1/s1. The molecule has 21 heavy (non-hydrogen) atoms. The zero-order valence-corrected chi connectivity index (χ0v) is 13.3. The number of para-hydroxylation sites is 1. The van der Waals surface area contributed by atoms with E-state index in [4.69, 9.17) is 0 Å². The van der Waals surface area contributed by atoms with Crippen molar-refractivity contribution in [3.05, 3.63) is 35.0 Å². The van der Waals surface area contributed by atoms with Crippen molar-refractivity contribution in [1.29, 1.82) is 0 Å². The molecule has 2 aromatic rings. The largest absolute Gasteiger partial charge is 0.356 e. The average molecular weight is 304 g/mol. The van der Waals surface area contributed by atoms with Crippen LogP contribution in [0.3, 0.4) is 0 Å². The second-order valence-electron chi connectivity index (χ2n) is 6.33. The summed E-state index contributed by atoms with van der Waals surface area (Å²) in [6.07, 6.45) is 2.46. The van der Waals surface area contributed by atoms with Gasteiger partial charge in [0, 0.05) is 23.1 Å². The van der Waals surface area contributed by atoms with Crippen LogP contribution in [0.15, 0.2) is 18.2 Å². The molecule has 1 saturated heterocycles. The minimum Gasteiger partial charge on any atom is -0.356 e.